The monoisotopic (exact) mass is 481 g/mol. The van der Waals surface area contributed by atoms with Gasteiger partial charge in [0.25, 0.3) is 0 Å². The zero-order valence-electron chi connectivity index (χ0n) is 20.3. The highest BCUT2D eigenvalue weighted by Crippen LogP contribution is 2.49. The molecule has 0 spiro atoms. The van der Waals surface area contributed by atoms with E-state index >= 15 is 0 Å². The first-order valence-corrected chi connectivity index (χ1v) is 13.4. The Morgan fingerprint density at radius 1 is 1.06 bits per heavy atom. The molecule has 0 bridgehead atoms. The summed E-state index contributed by atoms with van der Waals surface area (Å²) in [7, 11) is -3.44. The van der Waals surface area contributed by atoms with Gasteiger partial charge in [-0.2, -0.15) is 0 Å². The van der Waals surface area contributed by atoms with Crippen LogP contribution in [-0.4, -0.2) is 40.6 Å². The Balaban J connectivity index is 2.03. The second-order valence-corrected chi connectivity index (χ2v) is 11.6. The van der Waals surface area contributed by atoms with Crippen LogP contribution in [0.1, 0.15) is 39.0 Å². The first kappa shape index (κ1) is 25.6. The van der Waals surface area contributed by atoms with E-state index in [9.17, 15) is 9.36 Å². The number of hydrogen-bond acceptors (Lipinski definition) is 7. The summed E-state index contributed by atoms with van der Waals surface area (Å²) in [6.45, 7) is 8.65. The Morgan fingerprint density at radius 2 is 1.68 bits per heavy atom. The van der Waals surface area contributed by atoms with Crippen LogP contribution >= 0.6 is 7.37 Å². The highest BCUT2D eigenvalue weighted by molar-refractivity contribution is 7.60. The fraction of sp³-hybridized carbons (Fsp3) is 0.346. The van der Waals surface area contributed by atoms with Gasteiger partial charge in [0.1, 0.15) is 11.4 Å². The molecule has 0 amide bonds. The SMILES string of the molecule is CCOP(C)(=O)C(Nc1ncc(-c2ccccc2)nc1Cc1ccccc1)C(=O)OC(C)(C)C. The molecule has 2 atom stereocenters. The Labute approximate surface area is 201 Å². The van der Waals surface area contributed by atoms with Gasteiger partial charge in [-0.15, -0.1) is 0 Å². The fourth-order valence-corrected chi connectivity index (χ4v) is 4.85. The number of carbonyl (C=O) groups excluding carboxylic acids is 1. The molecule has 2 unspecified atom stereocenters. The van der Waals surface area contributed by atoms with Crippen LogP contribution in [0.2, 0.25) is 0 Å². The lowest BCUT2D eigenvalue weighted by molar-refractivity contribution is -0.153. The van der Waals surface area contributed by atoms with Gasteiger partial charge >= 0.3 is 5.97 Å². The minimum Gasteiger partial charge on any atom is -0.458 e. The molecule has 34 heavy (non-hydrogen) atoms. The molecule has 0 aliphatic heterocycles. The molecule has 0 radical (unpaired) electrons. The molecule has 0 saturated heterocycles. The lowest BCUT2D eigenvalue weighted by Crippen LogP contribution is -2.37. The highest BCUT2D eigenvalue weighted by Gasteiger charge is 2.39. The molecule has 180 valence electrons. The van der Waals surface area contributed by atoms with Crippen LogP contribution in [-0.2, 0) is 25.0 Å². The van der Waals surface area contributed by atoms with Crippen molar-refractivity contribution >= 4 is 19.2 Å². The molecule has 8 heteroatoms. The molecular weight excluding hydrogens is 449 g/mol. The molecule has 7 nitrogen and oxygen atoms in total. The second kappa shape index (κ2) is 10.9. The summed E-state index contributed by atoms with van der Waals surface area (Å²) in [5, 5.41) is 3.06. The van der Waals surface area contributed by atoms with Gasteiger partial charge in [-0.3, -0.25) is 4.57 Å². The van der Waals surface area contributed by atoms with E-state index in [0.29, 0.717) is 23.6 Å². The summed E-state index contributed by atoms with van der Waals surface area (Å²) in [4.78, 5) is 22.5. The van der Waals surface area contributed by atoms with Crippen molar-refractivity contribution in [3.05, 3.63) is 78.1 Å². The summed E-state index contributed by atoms with van der Waals surface area (Å²) < 4.78 is 24.4. The summed E-state index contributed by atoms with van der Waals surface area (Å²) >= 11 is 0. The van der Waals surface area contributed by atoms with Crippen LogP contribution in [0, 0.1) is 0 Å². The van der Waals surface area contributed by atoms with Crippen LogP contribution in [0.5, 0.6) is 0 Å². The van der Waals surface area contributed by atoms with E-state index in [1.165, 1.54) is 6.66 Å². The average molecular weight is 482 g/mol. The molecule has 1 N–H and O–H groups in total. The predicted molar refractivity (Wildman–Crippen MR) is 135 cm³/mol. The summed E-state index contributed by atoms with van der Waals surface area (Å²) in [6.07, 6.45) is 2.11. The predicted octanol–water partition coefficient (Wildman–Crippen LogP) is 5.76. The molecule has 1 aromatic heterocycles. The Kier molecular flexibility index (Phi) is 8.24. The van der Waals surface area contributed by atoms with Gasteiger partial charge in [-0.05, 0) is 33.3 Å². The van der Waals surface area contributed by atoms with Crippen molar-refractivity contribution in [2.45, 2.75) is 45.5 Å². The van der Waals surface area contributed by atoms with Crippen molar-refractivity contribution in [1.82, 2.24) is 9.97 Å². The molecule has 3 aromatic rings. The number of nitrogens with one attached hydrogen (secondary N) is 1. The van der Waals surface area contributed by atoms with Crippen LogP contribution in [0.4, 0.5) is 5.82 Å². The van der Waals surface area contributed by atoms with Gasteiger partial charge in [0.2, 0.25) is 13.2 Å². The number of ether oxygens (including phenoxy) is 1. The summed E-state index contributed by atoms with van der Waals surface area (Å²) in [6, 6.07) is 19.6. The largest absolute Gasteiger partial charge is 0.458 e. The van der Waals surface area contributed by atoms with Crippen molar-refractivity contribution in [3.63, 3.8) is 0 Å². The Hall–Kier alpha value is -3.02. The number of aromatic nitrogens is 2. The highest BCUT2D eigenvalue weighted by atomic mass is 31.2. The number of nitrogens with zero attached hydrogens (tertiary/aromatic N) is 2. The normalized spacial score (nSPS) is 14.1. The van der Waals surface area contributed by atoms with E-state index < -0.39 is 24.7 Å². The van der Waals surface area contributed by atoms with Gasteiger partial charge in [-0.25, -0.2) is 14.8 Å². The number of esters is 1. The standard InChI is InChI=1S/C26H32N3O4P/c1-6-32-34(5,31)24(25(30)33-26(2,3)4)29-23-21(17-19-13-9-7-10-14-19)28-22(18-27-23)20-15-11-8-12-16-20/h7-16,18,24H,6,17H2,1-5H3,(H,27,29). The van der Waals surface area contributed by atoms with E-state index in [0.717, 1.165) is 11.1 Å². The first-order valence-electron chi connectivity index (χ1n) is 11.3. The van der Waals surface area contributed by atoms with Gasteiger partial charge in [0, 0.05) is 18.6 Å². The number of carbonyl (C=O) groups is 1. The molecule has 1 heterocycles. The lowest BCUT2D eigenvalue weighted by Gasteiger charge is -2.28. The molecule has 0 saturated carbocycles. The van der Waals surface area contributed by atoms with E-state index in [2.05, 4.69) is 10.3 Å². The number of anilines is 1. The average Bonchev–Trinajstić information content (AvgIpc) is 2.78. The maximum Gasteiger partial charge on any atom is 0.339 e. The van der Waals surface area contributed by atoms with E-state index in [-0.39, 0.29) is 6.61 Å². The zero-order chi connectivity index (χ0) is 24.8. The maximum atomic E-state index is 13.4. The van der Waals surface area contributed by atoms with Gasteiger partial charge in [0.05, 0.1) is 24.2 Å². The smallest absolute Gasteiger partial charge is 0.339 e. The van der Waals surface area contributed by atoms with Crippen LogP contribution < -0.4 is 5.32 Å². The van der Waals surface area contributed by atoms with Gasteiger partial charge in [0.15, 0.2) is 0 Å². The molecule has 0 aliphatic rings. The van der Waals surface area contributed by atoms with Gasteiger partial charge < -0.3 is 14.6 Å². The third-order valence-corrected chi connectivity index (χ3v) is 6.94. The first-order chi connectivity index (χ1) is 16.1. The Bertz CT molecular complexity index is 1150. The minimum atomic E-state index is -3.44. The van der Waals surface area contributed by atoms with Crippen molar-refractivity contribution in [3.8, 4) is 11.3 Å². The lowest BCUT2D eigenvalue weighted by atomic mass is 10.1. The number of rotatable bonds is 9. The van der Waals surface area contributed by atoms with E-state index in [1.54, 1.807) is 33.9 Å². The third kappa shape index (κ3) is 6.99. The van der Waals surface area contributed by atoms with Crippen LogP contribution in [0.25, 0.3) is 11.3 Å². The zero-order valence-corrected chi connectivity index (χ0v) is 21.2. The molecule has 3 rings (SSSR count). The van der Waals surface area contributed by atoms with Crippen molar-refractivity contribution < 1.29 is 18.6 Å². The third-order valence-electron chi connectivity index (χ3n) is 4.89. The number of hydrogen-bond donors (Lipinski definition) is 1. The molecule has 0 fully saturated rings. The van der Waals surface area contributed by atoms with E-state index in [4.69, 9.17) is 14.2 Å². The second-order valence-electron chi connectivity index (χ2n) is 8.99. The van der Waals surface area contributed by atoms with E-state index in [1.807, 2.05) is 60.7 Å². The van der Waals surface area contributed by atoms with Crippen molar-refractivity contribution in [1.29, 1.82) is 0 Å². The van der Waals surface area contributed by atoms with Crippen LogP contribution in [0.15, 0.2) is 66.9 Å². The Morgan fingerprint density at radius 3 is 2.26 bits per heavy atom. The van der Waals surface area contributed by atoms with Gasteiger partial charge in [-0.1, -0.05) is 60.7 Å². The molecular formula is C26H32N3O4P. The minimum absolute atomic E-state index is 0.199. The van der Waals surface area contributed by atoms with Crippen molar-refractivity contribution in [2.75, 3.05) is 18.6 Å². The van der Waals surface area contributed by atoms with Crippen LogP contribution in [0.3, 0.4) is 0 Å². The van der Waals surface area contributed by atoms with Crippen molar-refractivity contribution in [2.24, 2.45) is 0 Å². The molecule has 0 aliphatic carbocycles. The molecule has 2 aromatic carbocycles. The fourth-order valence-electron chi connectivity index (χ4n) is 3.39. The number of benzene rings is 2. The maximum absolute atomic E-state index is 13.4. The topological polar surface area (TPSA) is 90.4 Å². The summed E-state index contributed by atoms with van der Waals surface area (Å²) in [5.74, 6) is -1.52. The summed E-state index contributed by atoms with van der Waals surface area (Å²) in [5.41, 5.74) is 2.53. The quantitative estimate of drug-likeness (QED) is 0.307.